The van der Waals surface area contributed by atoms with Gasteiger partial charge in [-0.05, 0) is 24.6 Å². The maximum atomic E-state index is 12.5. The molecule has 1 amide bonds. The summed E-state index contributed by atoms with van der Waals surface area (Å²) in [5, 5.41) is 9.39. The van der Waals surface area contributed by atoms with Gasteiger partial charge in [0.15, 0.2) is 5.96 Å². The predicted molar refractivity (Wildman–Crippen MR) is 103 cm³/mol. The number of alkyl halides is 2. The Balaban J connectivity index is 0.00000312. The van der Waals surface area contributed by atoms with E-state index in [4.69, 9.17) is 11.6 Å². The molecule has 140 valence electrons. The van der Waals surface area contributed by atoms with Crippen molar-refractivity contribution in [1.82, 2.24) is 16.0 Å². The van der Waals surface area contributed by atoms with E-state index in [0.717, 1.165) is 0 Å². The fourth-order valence-electron chi connectivity index (χ4n) is 2.32. The van der Waals surface area contributed by atoms with Gasteiger partial charge in [-0.3, -0.25) is 9.79 Å². The number of aliphatic imine (C=N–C) groups is 1. The van der Waals surface area contributed by atoms with Crippen molar-refractivity contribution in [3.05, 3.63) is 28.8 Å². The Labute approximate surface area is 166 Å². The summed E-state index contributed by atoms with van der Waals surface area (Å²) in [5.41, 5.74) is 0.489. The van der Waals surface area contributed by atoms with Crippen molar-refractivity contribution >= 4 is 47.4 Å². The third-order valence-corrected chi connectivity index (χ3v) is 3.75. The van der Waals surface area contributed by atoms with Crippen molar-refractivity contribution in [2.75, 3.05) is 13.6 Å². The van der Waals surface area contributed by atoms with Gasteiger partial charge in [0.25, 0.3) is 0 Å². The van der Waals surface area contributed by atoms with Crippen LogP contribution in [0.3, 0.4) is 0 Å². The number of hydrogen-bond donors (Lipinski definition) is 3. The Morgan fingerprint density at radius 2 is 2.28 bits per heavy atom. The average Bonchev–Trinajstić information content (AvgIpc) is 2.55. The number of piperidine rings is 1. The zero-order valence-electron chi connectivity index (χ0n) is 13.5. The fraction of sp³-hybridized carbons (Fsp3) is 0.467. The van der Waals surface area contributed by atoms with Crippen molar-refractivity contribution in [2.45, 2.75) is 32.0 Å². The topological polar surface area (TPSA) is 74.8 Å². The molecule has 1 atom stereocenters. The number of halogens is 4. The highest BCUT2D eigenvalue weighted by molar-refractivity contribution is 14.0. The van der Waals surface area contributed by atoms with Crippen molar-refractivity contribution in [3.8, 4) is 5.75 Å². The van der Waals surface area contributed by atoms with Gasteiger partial charge in [-0.2, -0.15) is 8.78 Å². The molecule has 1 unspecified atom stereocenters. The zero-order valence-corrected chi connectivity index (χ0v) is 16.6. The normalized spacial score (nSPS) is 17.6. The van der Waals surface area contributed by atoms with Crippen LogP contribution in [0.2, 0.25) is 5.02 Å². The molecule has 1 aliphatic heterocycles. The lowest BCUT2D eigenvalue weighted by molar-refractivity contribution is -0.122. The van der Waals surface area contributed by atoms with Gasteiger partial charge < -0.3 is 20.7 Å². The van der Waals surface area contributed by atoms with E-state index in [1.165, 1.54) is 12.1 Å². The van der Waals surface area contributed by atoms with E-state index in [9.17, 15) is 13.6 Å². The number of hydrogen-bond acceptors (Lipinski definition) is 3. The molecule has 0 radical (unpaired) electrons. The van der Waals surface area contributed by atoms with Crippen LogP contribution < -0.4 is 20.7 Å². The number of ether oxygens (including phenoxy) is 1. The van der Waals surface area contributed by atoms with Gasteiger partial charge in [0.05, 0.1) is 0 Å². The molecule has 0 bridgehead atoms. The summed E-state index contributed by atoms with van der Waals surface area (Å²) in [4.78, 5) is 15.2. The molecule has 3 N–H and O–H groups in total. The summed E-state index contributed by atoms with van der Waals surface area (Å²) < 4.78 is 29.4. The van der Waals surface area contributed by atoms with Crippen LogP contribution in [0.15, 0.2) is 23.2 Å². The second-order valence-electron chi connectivity index (χ2n) is 5.24. The lowest BCUT2D eigenvalue weighted by atomic mass is 10.1. The van der Waals surface area contributed by atoms with Crippen LogP contribution in [0.4, 0.5) is 8.78 Å². The maximum absolute atomic E-state index is 12.5. The van der Waals surface area contributed by atoms with E-state index in [2.05, 4.69) is 25.7 Å². The Bertz CT molecular complexity index is 609. The maximum Gasteiger partial charge on any atom is 0.387 e. The molecule has 1 aromatic rings. The number of nitrogens with zero attached hydrogens (tertiary/aromatic N) is 1. The van der Waals surface area contributed by atoms with E-state index < -0.39 is 6.61 Å². The van der Waals surface area contributed by atoms with Crippen molar-refractivity contribution in [3.63, 3.8) is 0 Å². The van der Waals surface area contributed by atoms with Crippen molar-refractivity contribution in [1.29, 1.82) is 0 Å². The molecule has 0 aromatic heterocycles. The molecule has 10 heteroatoms. The molecular weight excluding hydrogens is 469 g/mol. The first-order valence-electron chi connectivity index (χ1n) is 7.45. The summed E-state index contributed by atoms with van der Waals surface area (Å²) in [6.07, 6.45) is 1.15. The molecular formula is C15H20ClF2IN4O2. The largest absolute Gasteiger partial charge is 0.434 e. The minimum absolute atomic E-state index is 0. The Hall–Kier alpha value is -1.36. The van der Waals surface area contributed by atoms with Crippen LogP contribution in [0, 0.1) is 0 Å². The molecule has 1 heterocycles. The SMILES string of the molecule is CN=C(NCc1cc(Cl)ccc1OC(F)F)NC1CCC(=O)NC1.I. The first kappa shape index (κ1) is 21.7. The van der Waals surface area contributed by atoms with E-state index >= 15 is 0 Å². The highest BCUT2D eigenvalue weighted by Gasteiger charge is 2.19. The summed E-state index contributed by atoms with van der Waals surface area (Å²) in [6.45, 7) is -2.19. The van der Waals surface area contributed by atoms with Gasteiger partial charge in [0.2, 0.25) is 5.91 Å². The van der Waals surface area contributed by atoms with Gasteiger partial charge >= 0.3 is 6.61 Å². The number of nitrogens with one attached hydrogen (secondary N) is 3. The van der Waals surface area contributed by atoms with Crippen LogP contribution in [0.5, 0.6) is 5.75 Å². The molecule has 0 aliphatic carbocycles. The number of rotatable bonds is 5. The number of guanidine groups is 1. The van der Waals surface area contributed by atoms with E-state index in [-0.39, 0.29) is 48.2 Å². The molecule has 1 saturated heterocycles. The minimum Gasteiger partial charge on any atom is -0.434 e. The van der Waals surface area contributed by atoms with Crippen molar-refractivity contribution in [2.24, 2.45) is 4.99 Å². The fourth-order valence-corrected chi connectivity index (χ4v) is 2.51. The van der Waals surface area contributed by atoms with Gasteiger partial charge in [0, 0.05) is 43.2 Å². The summed E-state index contributed by atoms with van der Waals surface area (Å²) >= 11 is 5.91. The lowest BCUT2D eigenvalue weighted by Gasteiger charge is -2.25. The number of carbonyl (C=O) groups excluding carboxylic acids is 1. The summed E-state index contributed by atoms with van der Waals surface area (Å²) in [5.74, 6) is 0.588. The van der Waals surface area contributed by atoms with Crippen LogP contribution in [0.25, 0.3) is 0 Å². The Morgan fingerprint density at radius 1 is 1.52 bits per heavy atom. The van der Waals surface area contributed by atoms with Gasteiger partial charge in [0.1, 0.15) is 5.75 Å². The number of benzene rings is 1. The van der Waals surface area contributed by atoms with Crippen molar-refractivity contribution < 1.29 is 18.3 Å². The number of carbonyl (C=O) groups is 1. The van der Waals surface area contributed by atoms with E-state index in [1.807, 2.05) is 0 Å². The van der Waals surface area contributed by atoms with Crippen LogP contribution in [-0.4, -0.2) is 38.1 Å². The molecule has 2 rings (SSSR count). The third kappa shape index (κ3) is 7.18. The lowest BCUT2D eigenvalue weighted by Crippen LogP contribution is -2.51. The molecule has 0 saturated carbocycles. The average molecular weight is 489 g/mol. The predicted octanol–water partition coefficient (Wildman–Crippen LogP) is 2.50. The zero-order chi connectivity index (χ0) is 17.5. The standard InChI is InChI=1S/C15H19ClF2N4O2.HI/c1-19-15(22-11-3-5-13(23)20-8-11)21-7-9-6-10(16)2-4-12(9)24-14(17)18;/h2,4,6,11,14H,3,5,7-8H2,1H3,(H,20,23)(H2,19,21,22);1H. The van der Waals surface area contributed by atoms with Crippen LogP contribution in [0.1, 0.15) is 18.4 Å². The molecule has 25 heavy (non-hydrogen) atoms. The molecule has 1 aromatic carbocycles. The quantitative estimate of drug-likeness (QED) is 0.338. The summed E-state index contributed by atoms with van der Waals surface area (Å²) in [6, 6.07) is 4.50. The first-order valence-corrected chi connectivity index (χ1v) is 7.83. The third-order valence-electron chi connectivity index (χ3n) is 3.51. The summed E-state index contributed by atoms with van der Waals surface area (Å²) in [7, 11) is 1.60. The van der Waals surface area contributed by atoms with Gasteiger partial charge in [-0.25, -0.2) is 0 Å². The Kier molecular flexibility index (Phi) is 9.19. The van der Waals surface area contributed by atoms with E-state index in [1.54, 1.807) is 13.1 Å². The monoisotopic (exact) mass is 488 g/mol. The Morgan fingerprint density at radius 3 is 2.88 bits per heavy atom. The number of amides is 1. The van der Waals surface area contributed by atoms with Crippen LogP contribution >= 0.6 is 35.6 Å². The second kappa shape index (κ2) is 10.6. The molecule has 0 spiro atoms. The highest BCUT2D eigenvalue weighted by atomic mass is 127. The second-order valence-corrected chi connectivity index (χ2v) is 5.68. The van der Waals surface area contributed by atoms with Gasteiger partial charge in [-0.15, -0.1) is 24.0 Å². The molecule has 6 nitrogen and oxygen atoms in total. The molecule has 1 aliphatic rings. The first-order chi connectivity index (χ1) is 11.5. The highest BCUT2D eigenvalue weighted by Crippen LogP contribution is 2.24. The molecule has 1 fully saturated rings. The minimum atomic E-state index is -2.91. The van der Waals surface area contributed by atoms with Crippen LogP contribution in [-0.2, 0) is 11.3 Å². The van der Waals surface area contributed by atoms with Gasteiger partial charge in [-0.1, -0.05) is 11.6 Å². The smallest absolute Gasteiger partial charge is 0.387 e. The van der Waals surface area contributed by atoms with E-state index in [0.29, 0.717) is 35.9 Å².